The summed E-state index contributed by atoms with van der Waals surface area (Å²) in [5, 5.41) is 2.77. The van der Waals surface area contributed by atoms with Gasteiger partial charge in [-0.15, -0.1) is 0 Å². The van der Waals surface area contributed by atoms with Crippen LogP contribution in [0, 0.1) is 0 Å². The lowest BCUT2D eigenvalue weighted by molar-refractivity contribution is 0.0937. The highest BCUT2D eigenvalue weighted by Gasteiger charge is 2.04. The second-order valence-corrected chi connectivity index (χ2v) is 3.98. The van der Waals surface area contributed by atoms with Gasteiger partial charge in [0.25, 0.3) is 5.91 Å². The van der Waals surface area contributed by atoms with Crippen molar-refractivity contribution in [1.29, 1.82) is 0 Å². The Hall–Kier alpha value is -1.55. The minimum atomic E-state index is -0.0906. The zero-order valence-electron chi connectivity index (χ0n) is 11.1. The van der Waals surface area contributed by atoms with Crippen LogP contribution in [-0.4, -0.2) is 32.8 Å². The van der Waals surface area contributed by atoms with Crippen molar-refractivity contribution in [1.82, 2.24) is 5.32 Å². The van der Waals surface area contributed by atoms with E-state index in [0.29, 0.717) is 18.7 Å². The van der Waals surface area contributed by atoms with Crippen molar-refractivity contribution in [3.05, 3.63) is 29.8 Å². The maximum Gasteiger partial charge on any atom is 0.251 e. The van der Waals surface area contributed by atoms with E-state index >= 15 is 0 Å². The minimum Gasteiger partial charge on any atom is -0.494 e. The van der Waals surface area contributed by atoms with Gasteiger partial charge in [0.05, 0.1) is 13.2 Å². The Bertz CT molecular complexity index is 349. The van der Waals surface area contributed by atoms with Crippen molar-refractivity contribution < 1.29 is 14.3 Å². The first-order chi connectivity index (χ1) is 8.77. The number of hydrogen-bond acceptors (Lipinski definition) is 3. The Labute approximate surface area is 108 Å². The van der Waals surface area contributed by atoms with Crippen LogP contribution in [0.15, 0.2) is 24.3 Å². The molecule has 0 fully saturated rings. The van der Waals surface area contributed by atoms with Gasteiger partial charge < -0.3 is 14.8 Å². The highest BCUT2D eigenvalue weighted by Crippen LogP contribution is 2.12. The second kappa shape index (κ2) is 8.53. The molecular formula is C14H21NO3. The molecule has 0 aromatic heterocycles. The number of methoxy groups -OCH3 is 1. The van der Waals surface area contributed by atoms with Crippen LogP contribution in [0.25, 0.3) is 0 Å². The molecular weight excluding hydrogens is 230 g/mol. The number of unbranched alkanes of at least 4 members (excludes halogenated alkanes) is 1. The predicted molar refractivity (Wildman–Crippen MR) is 71.1 cm³/mol. The van der Waals surface area contributed by atoms with Crippen LogP contribution in [-0.2, 0) is 4.74 Å². The third-order valence-corrected chi connectivity index (χ3v) is 2.47. The Morgan fingerprint density at radius 2 is 1.94 bits per heavy atom. The third-order valence-electron chi connectivity index (χ3n) is 2.47. The van der Waals surface area contributed by atoms with Crippen LogP contribution in [0.5, 0.6) is 5.75 Å². The van der Waals surface area contributed by atoms with Crippen molar-refractivity contribution in [3.8, 4) is 5.75 Å². The maximum absolute atomic E-state index is 11.7. The molecule has 0 spiro atoms. The van der Waals surface area contributed by atoms with Crippen LogP contribution < -0.4 is 10.1 Å². The van der Waals surface area contributed by atoms with E-state index in [0.717, 1.165) is 25.2 Å². The van der Waals surface area contributed by atoms with Gasteiger partial charge >= 0.3 is 0 Å². The lowest BCUT2D eigenvalue weighted by Gasteiger charge is -2.07. The zero-order chi connectivity index (χ0) is 13.2. The molecule has 0 aliphatic carbocycles. The van der Waals surface area contributed by atoms with Gasteiger partial charge in [-0.25, -0.2) is 0 Å². The van der Waals surface area contributed by atoms with Gasteiger partial charge in [0, 0.05) is 19.2 Å². The fourth-order valence-electron chi connectivity index (χ4n) is 1.41. The maximum atomic E-state index is 11.7. The molecule has 4 heteroatoms. The smallest absolute Gasteiger partial charge is 0.251 e. The number of ether oxygens (including phenoxy) is 2. The Morgan fingerprint density at radius 1 is 1.22 bits per heavy atom. The molecule has 1 amide bonds. The average Bonchev–Trinajstić information content (AvgIpc) is 2.40. The van der Waals surface area contributed by atoms with Crippen molar-refractivity contribution in [2.75, 3.05) is 26.9 Å². The van der Waals surface area contributed by atoms with Gasteiger partial charge in [-0.05, 0) is 30.7 Å². The summed E-state index contributed by atoms with van der Waals surface area (Å²) in [5.74, 6) is 0.712. The van der Waals surface area contributed by atoms with E-state index < -0.39 is 0 Å². The third kappa shape index (κ3) is 5.19. The van der Waals surface area contributed by atoms with Gasteiger partial charge in [-0.3, -0.25) is 4.79 Å². The summed E-state index contributed by atoms with van der Waals surface area (Å²) in [4.78, 5) is 11.7. The summed E-state index contributed by atoms with van der Waals surface area (Å²) in [6.07, 6.45) is 2.15. The van der Waals surface area contributed by atoms with Gasteiger partial charge in [0.1, 0.15) is 5.75 Å². The lowest BCUT2D eigenvalue weighted by atomic mass is 10.2. The SMILES string of the molecule is CCCCOc1ccc(C(=O)NCCOC)cc1. The number of benzene rings is 1. The number of hydrogen-bond donors (Lipinski definition) is 1. The predicted octanol–water partition coefficient (Wildman–Crippen LogP) is 2.24. The van der Waals surface area contributed by atoms with Crippen molar-refractivity contribution in [2.45, 2.75) is 19.8 Å². The van der Waals surface area contributed by atoms with Gasteiger partial charge in [0.2, 0.25) is 0 Å². The summed E-state index contributed by atoms with van der Waals surface area (Å²) in [6, 6.07) is 7.18. The van der Waals surface area contributed by atoms with E-state index in [1.807, 2.05) is 12.1 Å². The first-order valence-electron chi connectivity index (χ1n) is 6.28. The molecule has 18 heavy (non-hydrogen) atoms. The normalized spacial score (nSPS) is 10.1. The number of carbonyl (C=O) groups excluding carboxylic acids is 1. The van der Waals surface area contributed by atoms with E-state index in [1.165, 1.54) is 0 Å². The first kappa shape index (κ1) is 14.5. The zero-order valence-corrected chi connectivity index (χ0v) is 11.1. The van der Waals surface area contributed by atoms with Crippen LogP contribution in [0.2, 0.25) is 0 Å². The number of carbonyl (C=O) groups is 1. The number of rotatable bonds is 8. The van der Waals surface area contributed by atoms with Gasteiger partial charge in [0.15, 0.2) is 0 Å². The molecule has 0 aliphatic rings. The lowest BCUT2D eigenvalue weighted by Crippen LogP contribution is -2.26. The standard InChI is InChI=1S/C14H21NO3/c1-3-4-10-18-13-7-5-12(6-8-13)14(16)15-9-11-17-2/h5-8H,3-4,9-11H2,1-2H3,(H,15,16). The van der Waals surface area contributed by atoms with Crippen LogP contribution in [0.3, 0.4) is 0 Å². The summed E-state index contributed by atoms with van der Waals surface area (Å²) < 4.78 is 10.4. The summed E-state index contributed by atoms with van der Waals surface area (Å²) in [7, 11) is 1.61. The number of nitrogens with one attached hydrogen (secondary N) is 1. The molecule has 1 aromatic carbocycles. The fraction of sp³-hybridized carbons (Fsp3) is 0.500. The molecule has 100 valence electrons. The summed E-state index contributed by atoms with van der Waals surface area (Å²) in [5.41, 5.74) is 0.633. The molecule has 4 nitrogen and oxygen atoms in total. The van der Waals surface area contributed by atoms with E-state index in [4.69, 9.17) is 9.47 Å². The van der Waals surface area contributed by atoms with Gasteiger partial charge in [-0.1, -0.05) is 13.3 Å². The fourth-order valence-corrected chi connectivity index (χ4v) is 1.41. The quantitative estimate of drug-likeness (QED) is 0.721. The Kier molecular flexibility index (Phi) is 6.87. The molecule has 0 unspecified atom stereocenters. The molecule has 1 N–H and O–H groups in total. The van der Waals surface area contributed by atoms with Gasteiger partial charge in [-0.2, -0.15) is 0 Å². The molecule has 0 saturated carbocycles. The Morgan fingerprint density at radius 3 is 2.56 bits per heavy atom. The van der Waals surface area contributed by atoms with E-state index in [-0.39, 0.29) is 5.91 Å². The second-order valence-electron chi connectivity index (χ2n) is 3.98. The molecule has 1 aromatic rings. The van der Waals surface area contributed by atoms with E-state index in [1.54, 1.807) is 19.2 Å². The van der Waals surface area contributed by atoms with Crippen LogP contribution in [0.4, 0.5) is 0 Å². The largest absolute Gasteiger partial charge is 0.494 e. The van der Waals surface area contributed by atoms with Crippen molar-refractivity contribution >= 4 is 5.91 Å². The first-order valence-corrected chi connectivity index (χ1v) is 6.28. The molecule has 0 bridgehead atoms. The minimum absolute atomic E-state index is 0.0906. The van der Waals surface area contributed by atoms with E-state index in [2.05, 4.69) is 12.2 Å². The monoisotopic (exact) mass is 251 g/mol. The average molecular weight is 251 g/mol. The van der Waals surface area contributed by atoms with Crippen LogP contribution >= 0.6 is 0 Å². The number of amides is 1. The molecule has 0 aliphatic heterocycles. The Balaban J connectivity index is 2.41. The molecule has 0 radical (unpaired) electrons. The molecule has 0 atom stereocenters. The molecule has 0 heterocycles. The van der Waals surface area contributed by atoms with Crippen molar-refractivity contribution in [3.63, 3.8) is 0 Å². The topological polar surface area (TPSA) is 47.6 Å². The summed E-state index contributed by atoms with van der Waals surface area (Å²) in [6.45, 7) is 3.88. The highest BCUT2D eigenvalue weighted by atomic mass is 16.5. The highest BCUT2D eigenvalue weighted by molar-refractivity contribution is 5.94. The van der Waals surface area contributed by atoms with Crippen LogP contribution in [0.1, 0.15) is 30.1 Å². The van der Waals surface area contributed by atoms with E-state index in [9.17, 15) is 4.79 Å². The van der Waals surface area contributed by atoms with Crippen molar-refractivity contribution in [2.24, 2.45) is 0 Å². The summed E-state index contributed by atoms with van der Waals surface area (Å²) >= 11 is 0. The molecule has 0 saturated heterocycles. The molecule has 1 rings (SSSR count).